The molecule has 0 bridgehead atoms. The molecule has 88 valence electrons. The van der Waals surface area contributed by atoms with Crippen molar-refractivity contribution < 1.29 is 0 Å². The summed E-state index contributed by atoms with van der Waals surface area (Å²) < 4.78 is 0. The number of aryl methyl sites for hydroxylation is 1. The van der Waals surface area contributed by atoms with Crippen LogP contribution in [-0.4, -0.2) is 4.98 Å². The van der Waals surface area contributed by atoms with Gasteiger partial charge in [-0.05, 0) is 30.2 Å². The van der Waals surface area contributed by atoms with Crippen LogP contribution in [-0.2, 0) is 6.54 Å². The Bertz CT molecular complexity index is 526. The van der Waals surface area contributed by atoms with Crippen LogP contribution in [0, 0.1) is 6.92 Å². The number of pyridine rings is 1. The zero-order chi connectivity index (χ0) is 12.3. The van der Waals surface area contributed by atoms with Gasteiger partial charge in [-0.1, -0.05) is 29.8 Å². The molecule has 0 aliphatic heterocycles. The first-order chi connectivity index (χ1) is 8.16. The van der Waals surface area contributed by atoms with E-state index < -0.39 is 0 Å². The number of nitrogen functional groups attached to an aromatic ring is 1. The zero-order valence-corrected chi connectivity index (χ0v) is 10.3. The minimum absolute atomic E-state index is 0.477. The molecule has 0 fully saturated rings. The first-order valence-electron chi connectivity index (χ1n) is 5.36. The van der Waals surface area contributed by atoms with Crippen molar-refractivity contribution in [2.75, 3.05) is 11.1 Å². The molecule has 1 heterocycles. The fraction of sp³-hybridized carbons (Fsp3) is 0.154. The lowest BCUT2D eigenvalue weighted by atomic mass is 10.2. The third kappa shape index (κ3) is 2.88. The summed E-state index contributed by atoms with van der Waals surface area (Å²) in [6, 6.07) is 9.71. The molecule has 0 amide bonds. The second kappa shape index (κ2) is 5.06. The van der Waals surface area contributed by atoms with Crippen LogP contribution >= 0.6 is 11.6 Å². The Kier molecular flexibility index (Phi) is 3.49. The summed E-state index contributed by atoms with van der Waals surface area (Å²) in [5.41, 5.74) is 9.58. The second-order valence-corrected chi connectivity index (χ2v) is 4.26. The normalized spacial score (nSPS) is 10.2. The second-order valence-electron chi connectivity index (χ2n) is 3.90. The Hall–Kier alpha value is -1.74. The van der Waals surface area contributed by atoms with Crippen molar-refractivity contribution in [1.82, 2.24) is 4.98 Å². The molecule has 0 atom stereocenters. The van der Waals surface area contributed by atoms with Crippen LogP contribution in [0.5, 0.6) is 0 Å². The van der Waals surface area contributed by atoms with E-state index in [9.17, 15) is 0 Å². The number of nitrogens with two attached hydrogens (primary N) is 1. The highest BCUT2D eigenvalue weighted by molar-refractivity contribution is 6.31. The molecule has 0 aliphatic rings. The average molecular weight is 248 g/mol. The number of hydrogen-bond acceptors (Lipinski definition) is 3. The number of nitrogens with one attached hydrogen (secondary N) is 1. The van der Waals surface area contributed by atoms with E-state index in [1.165, 1.54) is 0 Å². The highest BCUT2D eigenvalue weighted by atomic mass is 35.5. The number of para-hydroxylation sites is 1. The molecular weight excluding hydrogens is 234 g/mol. The zero-order valence-electron chi connectivity index (χ0n) is 9.57. The summed E-state index contributed by atoms with van der Waals surface area (Å²) in [7, 11) is 0. The minimum Gasteiger partial charge on any atom is -0.398 e. The predicted octanol–water partition coefficient (Wildman–Crippen LogP) is 3.24. The third-order valence-electron chi connectivity index (χ3n) is 2.50. The summed E-state index contributed by atoms with van der Waals surface area (Å²) >= 11 is 6.00. The first kappa shape index (κ1) is 11.7. The van der Waals surface area contributed by atoms with Gasteiger partial charge in [-0.25, -0.2) is 4.98 Å². The van der Waals surface area contributed by atoms with Crippen LogP contribution in [0.2, 0.25) is 5.15 Å². The molecule has 1 aromatic carbocycles. The molecule has 2 aromatic rings. The van der Waals surface area contributed by atoms with Crippen molar-refractivity contribution in [3.05, 3.63) is 52.8 Å². The number of nitrogens with zero attached hydrogens (tertiary/aromatic N) is 1. The molecule has 3 N–H and O–H groups in total. The summed E-state index contributed by atoms with van der Waals surface area (Å²) in [6.07, 6.45) is 1.74. The van der Waals surface area contributed by atoms with E-state index in [1.54, 1.807) is 6.20 Å². The van der Waals surface area contributed by atoms with E-state index in [0.717, 1.165) is 22.5 Å². The van der Waals surface area contributed by atoms with E-state index in [1.807, 2.05) is 37.3 Å². The maximum Gasteiger partial charge on any atom is 0.152 e. The maximum absolute atomic E-state index is 6.00. The van der Waals surface area contributed by atoms with Gasteiger partial charge in [-0.2, -0.15) is 0 Å². The number of rotatable bonds is 3. The Morgan fingerprint density at radius 1 is 1.35 bits per heavy atom. The largest absolute Gasteiger partial charge is 0.398 e. The van der Waals surface area contributed by atoms with Gasteiger partial charge >= 0.3 is 0 Å². The quantitative estimate of drug-likeness (QED) is 0.647. The maximum atomic E-state index is 6.00. The van der Waals surface area contributed by atoms with Crippen LogP contribution in [0.1, 0.15) is 11.1 Å². The van der Waals surface area contributed by atoms with Gasteiger partial charge in [-0.3, -0.25) is 0 Å². The van der Waals surface area contributed by atoms with Gasteiger partial charge in [0.15, 0.2) is 5.15 Å². The van der Waals surface area contributed by atoms with Gasteiger partial charge in [0, 0.05) is 18.4 Å². The first-order valence-corrected chi connectivity index (χ1v) is 5.74. The Balaban J connectivity index is 2.12. The lowest BCUT2D eigenvalue weighted by Crippen LogP contribution is -2.03. The van der Waals surface area contributed by atoms with Gasteiger partial charge in [0.2, 0.25) is 0 Å². The molecule has 0 radical (unpaired) electrons. The molecule has 17 heavy (non-hydrogen) atoms. The highest BCUT2D eigenvalue weighted by Crippen LogP contribution is 2.21. The third-order valence-corrected chi connectivity index (χ3v) is 2.80. The Morgan fingerprint density at radius 3 is 2.88 bits per heavy atom. The Labute approximate surface area is 106 Å². The molecule has 4 heteroatoms. The summed E-state index contributed by atoms with van der Waals surface area (Å²) in [4.78, 5) is 4.09. The van der Waals surface area contributed by atoms with Crippen LogP contribution in [0.15, 0.2) is 36.5 Å². The number of halogens is 1. The van der Waals surface area contributed by atoms with Crippen molar-refractivity contribution in [3.63, 3.8) is 0 Å². The van der Waals surface area contributed by atoms with Crippen molar-refractivity contribution >= 4 is 23.0 Å². The summed E-state index contributed by atoms with van der Waals surface area (Å²) in [6.45, 7) is 2.61. The number of hydrogen-bond donors (Lipinski definition) is 2. The van der Waals surface area contributed by atoms with Crippen molar-refractivity contribution in [2.45, 2.75) is 13.5 Å². The fourth-order valence-corrected chi connectivity index (χ4v) is 1.73. The Morgan fingerprint density at radius 2 is 2.12 bits per heavy atom. The van der Waals surface area contributed by atoms with Gasteiger partial charge in [0.05, 0.1) is 5.69 Å². The van der Waals surface area contributed by atoms with Gasteiger partial charge in [0.25, 0.3) is 0 Å². The van der Waals surface area contributed by atoms with Gasteiger partial charge in [-0.15, -0.1) is 0 Å². The standard InChI is InChI=1S/C13H14ClN3/c1-9-6-12(13(14)17-7-9)16-8-10-4-2-3-5-11(10)15/h2-7,16H,8,15H2,1H3. The van der Waals surface area contributed by atoms with Crippen LogP contribution < -0.4 is 11.1 Å². The predicted molar refractivity (Wildman–Crippen MR) is 72.2 cm³/mol. The molecule has 0 saturated heterocycles. The highest BCUT2D eigenvalue weighted by Gasteiger charge is 2.03. The smallest absolute Gasteiger partial charge is 0.152 e. The topological polar surface area (TPSA) is 50.9 Å². The van der Waals surface area contributed by atoms with Crippen LogP contribution in [0.3, 0.4) is 0 Å². The lowest BCUT2D eigenvalue weighted by Gasteiger charge is -2.10. The van der Waals surface area contributed by atoms with E-state index in [4.69, 9.17) is 17.3 Å². The molecule has 2 rings (SSSR count). The van der Waals surface area contributed by atoms with E-state index in [-0.39, 0.29) is 0 Å². The lowest BCUT2D eigenvalue weighted by molar-refractivity contribution is 1.13. The van der Waals surface area contributed by atoms with Crippen molar-refractivity contribution in [1.29, 1.82) is 0 Å². The number of anilines is 2. The van der Waals surface area contributed by atoms with Gasteiger partial charge in [0.1, 0.15) is 0 Å². The van der Waals surface area contributed by atoms with E-state index in [0.29, 0.717) is 11.7 Å². The molecule has 0 spiro atoms. The molecule has 0 unspecified atom stereocenters. The van der Waals surface area contributed by atoms with E-state index >= 15 is 0 Å². The summed E-state index contributed by atoms with van der Waals surface area (Å²) in [5, 5.41) is 3.71. The molecule has 0 aliphatic carbocycles. The van der Waals surface area contributed by atoms with Crippen molar-refractivity contribution in [3.8, 4) is 0 Å². The summed E-state index contributed by atoms with van der Waals surface area (Å²) in [5.74, 6) is 0. The van der Waals surface area contributed by atoms with Crippen LogP contribution in [0.25, 0.3) is 0 Å². The van der Waals surface area contributed by atoms with Gasteiger partial charge < -0.3 is 11.1 Å². The molecule has 0 saturated carbocycles. The fourth-order valence-electron chi connectivity index (χ4n) is 1.56. The van der Waals surface area contributed by atoms with E-state index in [2.05, 4.69) is 10.3 Å². The minimum atomic E-state index is 0.477. The SMILES string of the molecule is Cc1cnc(Cl)c(NCc2ccccc2N)c1. The molecule has 1 aromatic heterocycles. The molecular formula is C13H14ClN3. The molecule has 3 nitrogen and oxygen atoms in total. The number of aromatic nitrogens is 1. The van der Waals surface area contributed by atoms with Crippen molar-refractivity contribution in [2.24, 2.45) is 0 Å². The average Bonchev–Trinajstić information content (AvgIpc) is 2.32. The van der Waals surface area contributed by atoms with Crippen LogP contribution in [0.4, 0.5) is 11.4 Å². The monoisotopic (exact) mass is 247 g/mol. The number of benzene rings is 1.